The second-order valence-corrected chi connectivity index (χ2v) is 11.6. The zero-order valence-corrected chi connectivity index (χ0v) is 25.0. The molecule has 0 bridgehead atoms. The number of nitrogens with zero attached hydrogens (tertiary/aromatic N) is 5. The fraction of sp³-hybridized carbons (Fsp3) is 0.484. The van der Waals surface area contributed by atoms with Gasteiger partial charge in [0.15, 0.2) is 5.69 Å². The molecule has 7 nitrogen and oxygen atoms in total. The predicted molar refractivity (Wildman–Crippen MR) is 159 cm³/mol. The number of piperidine rings is 1. The van der Waals surface area contributed by atoms with Crippen LogP contribution in [-0.4, -0.2) is 72.6 Å². The highest BCUT2D eigenvalue weighted by Gasteiger charge is 2.42. The van der Waals surface area contributed by atoms with E-state index in [4.69, 9.17) is 16.3 Å². The fourth-order valence-corrected chi connectivity index (χ4v) is 6.18. The molecule has 5 rings (SSSR count). The maximum Gasteiger partial charge on any atom is 0.433 e. The minimum absolute atomic E-state index is 0.0220. The van der Waals surface area contributed by atoms with Crippen LogP contribution in [0.2, 0.25) is 5.02 Å². The van der Waals surface area contributed by atoms with Crippen LogP contribution in [-0.2, 0) is 10.9 Å². The van der Waals surface area contributed by atoms with Gasteiger partial charge in [-0.05, 0) is 63.4 Å². The van der Waals surface area contributed by atoms with Crippen molar-refractivity contribution < 1.29 is 22.7 Å². The van der Waals surface area contributed by atoms with Crippen molar-refractivity contribution in [3.05, 3.63) is 64.9 Å². The van der Waals surface area contributed by atoms with E-state index >= 15 is 0 Å². The Hall–Kier alpha value is -3.24. The Kier molecular flexibility index (Phi) is 9.03. The minimum atomic E-state index is -4.76. The van der Waals surface area contributed by atoms with Crippen LogP contribution in [0, 0.1) is 0 Å². The Labute approximate surface area is 249 Å². The maximum atomic E-state index is 14.2. The molecule has 2 aliphatic rings. The number of esters is 1. The highest BCUT2D eigenvalue weighted by Crippen LogP contribution is 2.39. The summed E-state index contributed by atoms with van der Waals surface area (Å²) in [4.78, 5) is 19.2. The van der Waals surface area contributed by atoms with Crippen LogP contribution in [0.4, 0.5) is 24.5 Å². The molecule has 1 unspecified atom stereocenters. The molecule has 3 heterocycles. The van der Waals surface area contributed by atoms with Gasteiger partial charge < -0.3 is 14.5 Å². The molecule has 2 aliphatic heterocycles. The van der Waals surface area contributed by atoms with Crippen molar-refractivity contribution in [1.82, 2.24) is 14.7 Å². The van der Waals surface area contributed by atoms with Crippen LogP contribution in [0.5, 0.6) is 0 Å². The topological polar surface area (TPSA) is 53.8 Å². The van der Waals surface area contributed by atoms with E-state index < -0.39 is 29.4 Å². The normalized spacial score (nSPS) is 18.5. The molecule has 2 saturated heterocycles. The fourth-order valence-electron chi connectivity index (χ4n) is 6.01. The Morgan fingerprint density at radius 1 is 1.05 bits per heavy atom. The largest absolute Gasteiger partial charge is 0.462 e. The first kappa shape index (κ1) is 30.2. The highest BCUT2D eigenvalue weighted by molar-refractivity contribution is 6.31. The number of hydrogen-bond donors (Lipinski definition) is 0. The molecule has 0 saturated carbocycles. The Balaban J connectivity index is 1.39. The van der Waals surface area contributed by atoms with E-state index in [-0.39, 0.29) is 6.61 Å². The van der Waals surface area contributed by atoms with Gasteiger partial charge in [-0.1, -0.05) is 29.8 Å². The third-order valence-electron chi connectivity index (χ3n) is 8.19. The van der Waals surface area contributed by atoms with E-state index in [1.54, 1.807) is 6.92 Å². The van der Waals surface area contributed by atoms with Crippen LogP contribution in [0.25, 0.3) is 11.1 Å². The molecule has 2 fully saturated rings. The van der Waals surface area contributed by atoms with Crippen molar-refractivity contribution in [1.29, 1.82) is 0 Å². The number of alkyl halides is 3. The highest BCUT2D eigenvalue weighted by atomic mass is 35.5. The first-order chi connectivity index (χ1) is 20.1. The molecule has 0 aliphatic carbocycles. The van der Waals surface area contributed by atoms with E-state index in [0.717, 1.165) is 53.9 Å². The lowest BCUT2D eigenvalue weighted by molar-refractivity contribution is -0.145. The Bertz CT molecular complexity index is 1380. The zero-order valence-electron chi connectivity index (χ0n) is 24.2. The molecular formula is C31H37ClF3N5O2. The number of rotatable bonds is 7. The standard InChI is InChI=1S/C31H37ClF3N5O2/c1-4-42-30(41)27-19-36-40(29(27)31(33,34)35)25-6-5-13-39(20-25)28-18-23(32)9-12-26(28)22-7-10-24(11-8-22)38-16-14-37(15-17-38)21(2)3/h7-12,18-19,21,25H,4-6,13-17,20H2,1-3H3. The van der Waals surface area contributed by atoms with E-state index in [9.17, 15) is 18.0 Å². The van der Waals surface area contributed by atoms with Gasteiger partial charge in [0.05, 0.1) is 18.8 Å². The van der Waals surface area contributed by atoms with Crippen molar-refractivity contribution in [2.45, 2.75) is 51.9 Å². The van der Waals surface area contributed by atoms with Crippen LogP contribution in [0.1, 0.15) is 55.7 Å². The smallest absolute Gasteiger partial charge is 0.433 e. The lowest BCUT2D eigenvalue weighted by atomic mass is 9.99. The van der Waals surface area contributed by atoms with Crippen LogP contribution >= 0.6 is 11.6 Å². The molecule has 11 heteroatoms. The molecule has 1 atom stereocenters. The molecule has 226 valence electrons. The van der Waals surface area contributed by atoms with Crippen molar-refractivity contribution in [2.75, 3.05) is 55.7 Å². The lowest BCUT2D eigenvalue weighted by Gasteiger charge is -2.38. The van der Waals surface area contributed by atoms with Crippen molar-refractivity contribution >= 4 is 28.9 Å². The maximum absolute atomic E-state index is 14.2. The molecule has 3 aromatic rings. The molecule has 0 amide bonds. The molecular weight excluding hydrogens is 567 g/mol. The number of aromatic nitrogens is 2. The quantitative estimate of drug-likeness (QED) is 0.278. The van der Waals surface area contributed by atoms with Gasteiger partial charge in [0.2, 0.25) is 0 Å². The number of anilines is 2. The van der Waals surface area contributed by atoms with Crippen molar-refractivity contribution in [3.8, 4) is 11.1 Å². The van der Waals surface area contributed by atoms with Gasteiger partial charge >= 0.3 is 12.1 Å². The SMILES string of the molecule is CCOC(=O)c1cnn(C2CCCN(c3cc(Cl)ccc3-c3ccc(N4CCN(C(C)C)CC4)cc3)C2)c1C(F)(F)F. The summed E-state index contributed by atoms with van der Waals surface area (Å²) < 4.78 is 48.3. The van der Waals surface area contributed by atoms with Gasteiger partial charge in [0.25, 0.3) is 0 Å². The zero-order chi connectivity index (χ0) is 30.0. The van der Waals surface area contributed by atoms with Gasteiger partial charge in [-0.15, -0.1) is 0 Å². The summed E-state index contributed by atoms with van der Waals surface area (Å²) in [6.07, 6.45) is -2.64. The van der Waals surface area contributed by atoms with Gasteiger partial charge in [-0.3, -0.25) is 9.58 Å². The van der Waals surface area contributed by atoms with Gasteiger partial charge in [-0.2, -0.15) is 18.3 Å². The second-order valence-electron chi connectivity index (χ2n) is 11.1. The van der Waals surface area contributed by atoms with Crippen LogP contribution in [0.3, 0.4) is 0 Å². The number of ether oxygens (including phenoxy) is 1. The summed E-state index contributed by atoms with van der Waals surface area (Å²) in [5.74, 6) is -1.02. The average molecular weight is 604 g/mol. The summed E-state index contributed by atoms with van der Waals surface area (Å²) >= 11 is 6.44. The summed E-state index contributed by atoms with van der Waals surface area (Å²) in [5.41, 5.74) is 2.37. The monoisotopic (exact) mass is 603 g/mol. The Morgan fingerprint density at radius 3 is 2.40 bits per heavy atom. The van der Waals surface area contributed by atoms with E-state index in [0.29, 0.717) is 37.0 Å². The first-order valence-corrected chi connectivity index (χ1v) is 14.9. The number of benzene rings is 2. The number of hydrogen-bond acceptors (Lipinski definition) is 6. The number of carbonyl (C=O) groups excluding carboxylic acids is 1. The number of piperazine rings is 1. The van der Waals surface area contributed by atoms with Crippen molar-refractivity contribution in [2.24, 2.45) is 0 Å². The Morgan fingerprint density at radius 2 is 1.76 bits per heavy atom. The summed E-state index contributed by atoms with van der Waals surface area (Å²) in [5, 5.41) is 4.59. The van der Waals surface area contributed by atoms with Gasteiger partial charge in [0.1, 0.15) is 5.56 Å². The third kappa shape index (κ3) is 6.39. The van der Waals surface area contributed by atoms with Gasteiger partial charge in [-0.25, -0.2) is 4.79 Å². The molecule has 0 spiro atoms. The van der Waals surface area contributed by atoms with Crippen LogP contribution < -0.4 is 9.80 Å². The average Bonchev–Trinajstić information content (AvgIpc) is 3.44. The summed E-state index contributed by atoms with van der Waals surface area (Å²) in [6.45, 7) is 11.0. The van der Waals surface area contributed by atoms with Gasteiger partial charge in [0, 0.05) is 67.3 Å². The van der Waals surface area contributed by atoms with Crippen LogP contribution in [0.15, 0.2) is 48.7 Å². The molecule has 0 radical (unpaired) electrons. The first-order valence-electron chi connectivity index (χ1n) is 14.5. The third-order valence-corrected chi connectivity index (χ3v) is 8.43. The van der Waals surface area contributed by atoms with Crippen molar-refractivity contribution in [3.63, 3.8) is 0 Å². The second kappa shape index (κ2) is 12.6. The molecule has 1 aromatic heterocycles. The molecule has 0 N–H and O–H groups in total. The summed E-state index contributed by atoms with van der Waals surface area (Å²) in [7, 11) is 0. The number of carbonyl (C=O) groups is 1. The van der Waals surface area contributed by atoms with E-state index in [1.807, 2.05) is 18.2 Å². The van der Waals surface area contributed by atoms with E-state index in [2.05, 4.69) is 57.9 Å². The number of halogens is 4. The molecule has 2 aromatic carbocycles. The molecule has 42 heavy (non-hydrogen) atoms. The summed E-state index contributed by atoms with van der Waals surface area (Å²) in [6, 6.07) is 14.1. The lowest BCUT2D eigenvalue weighted by Crippen LogP contribution is -2.48. The van der Waals surface area contributed by atoms with E-state index in [1.165, 1.54) is 5.69 Å². The predicted octanol–water partition coefficient (Wildman–Crippen LogP) is 6.77. The minimum Gasteiger partial charge on any atom is -0.462 e.